The van der Waals surface area contributed by atoms with E-state index < -0.39 is 0 Å². The number of aryl methyl sites for hydroxylation is 1. The van der Waals surface area contributed by atoms with Crippen molar-refractivity contribution in [3.8, 4) is 0 Å². The maximum absolute atomic E-state index is 12.0. The Morgan fingerprint density at radius 1 is 1.36 bits per heavy atom. The highest BCUT2D eigenvalue weighted by Gasteiger charge is 2.19. The highest BCUT2D eigenvalue weighted by molar-refractivity contribution is 7.99. The predicted molar refractivity (Wildman–Crippen MR) is 95.2 cm³/mol. The van der Waals surface area contributed by atoms with Gasteiger partial charge >= 0.3 is 0 Å². The van der Waals surface area contributed by atoms with E-state index in [-0.39, 0.29) is 5.91 Å². The van der Waals surface area contributed by atoms with E-state index in [2.05, 4.69) is 48.3 Å². The van der Waals surface area contributed by atoms with Crippen molar-refractivity contribution in [1.82, 2.24) is 10.2 Å². The summed E-state index contributed by atoms with van der Waals surface area (Å²) in [5.74, 6) is 1.65. The van der Waals surface area contributed by atoms with Crippen LogP contribution in [0.15, 0.2) is 24.3 Å². The topological polar surface area (TPSA) is 32.3 Å². The molecule has 0 aliphatic carbocycles. The molecule has 2 rings (SSSR count). The molecular weight excluding hydrogens is 292 g/mol. The molecule has 1 saturated heterocycles. The number of likely N-dealkylation sites (tertiary alicyclic amines) is 1. The molecule has 1 fully saturated rings. The van der Waals surface area contributed by atoms with Gasteiger partial charge in [0.25, 0.3) is 0 Å². The van der Waals surface area contributed by atoms with Crippen molar-refractivity contribution in [1.29, 1.82) is 0 Å². The lowest BCUT2D eigenvalue weighted by molar-refractivity contribution is -0.119. The minimum Gasteiger partial charge on any atom is -0.353 e. The monoisotopic (exact) mass is 320 g/mol. The average molecular weight is 321 g/mol. The maximum Gasteiger partial charge on any atom is 0.230 e. The largest absolute Gasteiger partial charge is 0.353 e. The summed E-state index contributed by atoms with van der Waals surface area (Å²) in [7, 11) is 0. The van der Waals surface area contributed by atoms with E-state index in [0.29, 0.717) is 11.8 Å². The second-order valence-electron chi connectivity index (χ2n) is 6.17. The number of benzene rings is 1. The fourth-order valence-corrected chi connectivity index (χ4v) is 3.74. The minimum atomic E-state index is 0.187. The van der Waals surface area contributed by atoms with Crippen LogP contribution in [-0.4, -0.2) is 42.2 Å². The Balaban J connectivity index is 1.62. The molecule has 0 aromatic heterocycles. The first-order valence-electron chi connectivity index (χ1n) is 8.32. The summed E-state index contributed by atoms with van der Waals surface area (Å²) in [5.41, 5.74) is 2.58. The quantitative estimate of drug-likeness (QED) is 0.837. The molecule has 1 amide bonds. The number of hydrogen-bond donors (Lipinski definition) is 1. The van der Waals surface area contributed by atoms with Crippen molar-refractivity contribution in [2.24, 2.45) is 0 Å². The van der Waals surface area contributed by atoms with E-state index in [1.165, 1.54) is 24.1 Å². The number of amides is 1. The van der Waals surface area contributed by atoms with Gasteiger partial charge in [-0.25, -0.2) is 0 Å². The van der Waals surface area contributed by atoms with Gasteiger partial charge in [-0.1, -0.05) is 36.8 Å². The van der Waals surface area contributed by atoms with Crippen LogP contribution in [-0.2, 0) is 10.5 Å². The smallest absolute Gasteiger partial charge is 0.230 e. The zero-order chi connectivity index (χ0) is 15.8. The van der Waals surface area contributed by atoms with Crippen LogP contribution in [0.4, 0.5) is 0 Å². The predicted octanol–water partition coefficient (Wildman–Crippen LogP) is 3.22. The molecule has 0 unspecified atom stereocenters. The molecule has 3 nitrogen and oxygen atoms in total. The summed E-state index contributed by atoms with van der Waals surface area (Å²) < 4.78 is 0. The van der Waals surface area contributed by atoms with E-state index in [0.717, 1.165) is 31.7 Å². The Hall–Kier alpha value is -1.00. The van der Waals surface area contributed by atoms with Gasteiger partial charge in [0.15, 0.2) is 0 Å². The molecule has 0 saturated carbocycles. The van der Waals surface area contributed by atoms with E-state index in [9.17, 15) is 4.79 Å². The molecule has 0 atom stereocenters. The summed E-state index contributed by atoms with van der Waals surface area (Å²) in [6.07, 6.45) is 3.40. The van der Waals surface area contributed by atoms with Crippen LogP contribution in [0, 0.1) is 6.92 Å². The molecule has 1 aliphatic rings. The van der Waals surface area contributed by atoms with E-state index >= 15 is 0 Å². The Kier molecular flexibility index (Phi) is 7.26. The van der Waals surface area contributed by atoms with Crippen molar-refractivity contribution in [2.75, 3.05) is 25.4 Å². The van der Waals surface area contributed by atoms with Crippen LogP contribution < -0.4 is 5.32 Å². The number of carbonyl (C=O) groups excluding carboxylic acids is 1. The van der Waals surface area contributed by atoms with Gasteiger partial charge < -0.3 is 10.2 Å². The lowest BCUT2D eigenvalue weighted by atomic mass is 10.1. The van der Waals surface area contributed by atoms with Crippen LogP contribution in [0.5, 0.6) is 0 Å². The van der Waals surface area contributed by atoms with Crippen LogP contribution in [0.3, 0.4) is 0 Å². The summed E-state index contributed by atoms with van der Waals surface area (Å²) in [5, 5.41) is 3.19. The Labute approximate surface area is 138 Å². The molecule has 1 aliphatic heterocycles. The SMILES string of the molecule is CCCN1CCC(NC(=O)CSCc2cccc(C)c2)CC1. The lowest BCUT2D eigenvalue weighted by Gasteiger charge is -2.32. The fourth-order valence-electron chi connectivity index (χ4n) is 2.95. The molecule has 0 radical (unpaired) electrons. The first-order valence-corrected chi connectivity index (χ1v) is 9.48. The maximum atomic E-state index is 12.0. The normalized spacial score (nSPS) is 16.6. The third-order valence-electron chi connectivity index (χ3n) is 4.08. The molecule has 22 heavy (non-hydrogen) atoms. The van der Waals surface area contributed by atoms with Gasteiger partial charge in [-0.15, -0.1) is 11.8 Å². The number of piperidine rings is 1. The molecule has 4 heteroatoms. The number of rotatable bonds is 7. The van der Waals surface area contributed by atoms with E-state index in [1.807, 2.05) is 0 Å². The molecule has 1 heterocycles. The van der Waals surface area contributed by atoms with Crippen LogP contribution in [0.1, 0.15) is 37.3 Å². The zero-order valence-electron chi connectivity index (χ0n) is 13.8. The van der Waals surface area contributed by atoms with Gasteiger partial charge in [-0.3, -0.25) is 4.79 Å². The molecule has 0 bridgehead atoms. The number of hydrogen-bond acceptors (Lipinski definition) is 3. The van der Waals surface area contributed by atoms with Gasteiger partial charge in [0.1, 0.15) is 0 Å². The third-order valence-corrected chi connectivity index (χ3v) is 5.08. The first-order chi connectivity index (χ1) is 10.7. The van der Waals surface area contributed by atoms with Crippen LogP contribution in [0.25, 0.3) is 0 Å². The lowest BCUT2D eigenvalue weighted by Crippen LogP contribution is -2.45. The number of nitrogens with zero attached hydrogens (tertiary/aromatic N) is 1. The molecule has 1 N–H and O–H groups in total. The van der Waals surface area contributed by atoms with Gasteiger partial charge in [0.2, 0.25) is 5.91 Å². The zero-order valence-corrected chi connectivity index (χ0v) is 14.6. The highest BCUT2D eigenvalue weighted by atomic mass is 32.2. The third kappa shape index (κ3) is 6.01. The number of nitrogens with one attached hydrogen (secondary N) is 1. The highest BCUT2D eigenvalue weighted by Crippen LogP contribution is 2.14. The molecule has 0 spiro atoms. The van der Waals surface area contributed by atoms with Crippen LogP contribution in [0.2, 0.25) is 0 Å². The van der Waals surface area contributed by atoms with Gasteiger partial charge in [-0.2, -0.15) is 0 Å². The van der Waals surface area contributed by atoms with Gasteiger partial charge in [-0.05, 0) is 38.3 Å². The summed E-state index contributed by atoms with van der Waals surface area (Å²) in [6, 6.07) is 8.87. The molecule has 1 aromatic carbocycles. The van der Waals surface area contributed by atoms with E-state index in [4.69, 9.17) is 0 Å². The van der Waals surface area contributed by atoms with Crippen molar-refractivity contribution < 1.29 is 4.79 Å². The fraction of sp³-hybridized carbons (Fsp3) is 0.611. The standard InChI is InChI=1S/C18H28N2OS/c1-3-9-20-10-7-17(8-11-20)19-18(21)14-22-13-16-6-4-5-15(2)12-16/h4-6,12,17H,3,7-11,13-14H2,1-2H3,(H,19,21). The van der Waals surface area contributed by atoms with Crippen molar-refractivity contribution in [3.05, 3.63) is 35.4 Å². The second-order valence-corrected chi connectivity index (χ2v) is 7.15. The Bertz CT molecular complexity index is 470. The number of carbonyl (C=O) groups is 1. The Morgan fingerprint density at radius 3 is 2.82 bits per heavy atom. The van der Waals surface area contributed by atoms with E-state index in [1.54, 1.807) is 11.8 Å². The summed E-state index contributed by atoms with van der Waals surface area (Å²) in [6.45, 7) is 7.75. The second kappa shape index (κ2) is 9.21. The summed E-state index contributed by atoms with van der Waals surface area (Å²) >= 11 is 1.70. The summed E-state index contributed by atoms with van der Waals surface area (Å²) in [4.78, 5) is 14.5. The van der Waals surface area contributed by atoms with Gasteiger partial charge in [0, 0.05) is 24.9 Å². The first kappa shape index (κ1) is 17.4. The minimum absolute atomic E-state index is 0.187. The van der Waals surface area contributed by atoms with Crippen molar-refractivity contribution in [2.45, 2.75) is 44.9 Å². The van der Waals surface area contributed by atoms with Crippen molar-refractivity contribution >= 4 is 17.7 Å². The Morgan fingerprint density at radius 2 is 2.14 bits per heavy atom. The van der Waals surface area contributed by atoms with Crippen LogP contribution >= 0.6 is 11.8 Å². The molecular formula is C18H28N2OS. The average Bonchev–Trinajstić information content (AvgIpc) is 2.50. The van der Waals surface area contributed by atoms with Crippen molar-refractivity contribution in [3.63, 3.8) is 0 Å². The molecule has 122 valence electrons. The molecule has 1 aromatic rings. The number of thioether (sulfide) groups is 1. The van der Waals surface area contributed by atoms with Gasteiger partial charge in [0.05, 0.1) is 5.75 Å².